The van der Waals surface area contributed by atoms with Crippen LogP contribution in [-0.2, 0) is 4.79 Å². The number of aliphatic carboxylic acids is 1. The molecular weight excluding hydrogens is 160 g/mol. The second-order valence-electron chi connectivity index (χ2n) is 3.15. The Balaban J connectivity index is 3.83. The zero-order valence-corrected chi connectivity index (χ0v) is 7.16. The highest BCUT2D eigenvalue weighted by atomic mass is 16.4. The number of carboxylic acids is 1. The summed E-state index contributed by atoms with van der Waals surface area (Å²) < 4.78 is 0. The van der Waals surface area contributed by atoms with Gasteiger partial charge in [-0.25, -0.2) is 0 Å². The van der Waals surface area contributed by atoms with Crippen molar-refractivity contribution in [3.63, 3.8) is 0 Å². The maximum Gasteiger partial charge on any atom is 0.323 e. The van der Waals surface area contributed by atoms with Crippen molar-refractivity contribution >= 4 is 5.97 Å². The minimum absolute atomic E-state index is 0.135. The van der Waals surface area contributed by atoms with Crippen LogP contribution >= 0.6 is 0 Å². The summed E-state index contributed by atoms with van der Waals surface area (Å²) in [5, 5.41) is 17.6. The van der Waals surface area contributed by atoms with Crippen LogP contribution in [0.15, 0.2) is 0 Å². The third-order valence-electron chi connectivity index (χ3n) is 1.76. The number of aliphatic hydroxyl groups is 1. The second kappa shape index (κ2) is 4.39. The molecular formula is C7H16N2O3. The maximum absolute atomic E-state index is 10.5. The summed E-state index contributed by atoms with van der Waals surface area (Å²) in [6.45, 7) is 1.55. The van der Waals surface area contributed by atoms with Gasteiger partial charge in [0.15, 0.2) is 0 Å². The molecule has 5 heteroatoms. The normalized spacial score (nSPS) is 18.3. The van der Waals surface area contributed by atoms with Crippen LogP contribution in [0.3, 0.4) is 0 Å². The lowest BCUT2D eigenvalue weighted by Gasteiger charge is -2.20. The molecule has 0 bridgehead atoms. The fourth-order valence-electron chi connectivity index (χ4n) is 0.691. The molecule has 0 amide bonds. The van der Waals surface area contributed by atoms with Gasteiger partial charge in [0.25, 0.3) is 0 Å². The summed E-state index contributed by atoms with van der Waals surface area (Å²) in [5.41, 5.74) is 9.28. The van der Waals surface area contributed by atoms with Gasteiger partial charge in [-0.2, -0.15) is 0 Å². The molecule has 0 aliphatic rings. The molecule has 0 rings (SSSR count). The number of nitrogens with two attached hydrogens (primary N) is 2. The van der Waals surface area contributed by atoms with Gasteiger partial charge in [0.05, 0.1) is 6.10 Å². The molecule has 12 heavy (non-hydrogen) atoms. The number of hydrogen-bond donors (Lipinski definition) is 4. The third kappa shape index (κ3) is 3.66. The van der Waals surface area contributed by atoms with Crippen LogP contribution in [0.4, 0.5) is 0 Å². The van der Waals surface area contributed by atoms with Gasteiger partial charge in [-0.1, -0.05) is 0 Å². The number of hydrogen-bond acceptors (Lipinski definition) is 4. The van der Waals surface area contributed by atoms with E-state index in [4.69, 9.17) is 21.7 Å². The highest BCUT2D eigenvalue weighted by Crippen LogP contribution is 2.10. The Hall–Kier alpha value is -0.650. The SMILES string of the molecule is CC(N)(CCC(O)CN)C(=O)O. The van der Waals surface area contributed by atoms with Crippen LogP contribution in [-0.4, -0.2) is 34.4 Å². The van der Waals surface area contributed by atoms with E-state index >= 15 is 0 Å². The quantitative estimate of drug-likeness (QED) is 0.424. The number of rotatable bonds is 5. The Morgan fingerprint density at radius 2 is 2.17 bits per heavy atom. The average Bonchev–Trinajstić information content (AvgIpc) is 2.00. The fourth-order valence-corrected chi connectivity index (χ4v) is 0.691. The summed E-state index contributed by atoms with van der Waals surface area (Å²) >= 11 is 0. The van der Waals surface area contributed by atoms with Gasteiger partial charge >= 0.3 is 5.97 Å². The lowest BCUT2D eigenvalue weighted by Crippen LogP contribution is -2.45. The van der Waals surface area contributed by atoms with E-state index in [1.165, 1.54) is 6.92 Å². The summed E-state index contributed by atoms with van der Waals surface area (Å²) in [5.74, 6) is -1.06. The van der Waals surface area contributed by atoms with Gasteiger partial charge in [0.1, 0.15) is 5.54 Å². The first-order valence-electron chi connectivity index (χ1n) is 3.80. The van der Waals surface area contributed by atoms with E-state index in [0.717, 1.165) is 0 Å². The molecule has 0 saturated heterocycles. The fraction of sp³-hybridized carbons (Fsp3) is 0.857. The molecule has 0 fully saturated rings. The average molecular weight is 176 g/mol. The van der Waals surface area contributed by atoms with Gasteiger partial charge < -0.3 is 21.7 Å². The van der Waals surface area contributed by atoms with E-state index in [1.54, 1.807) is 0 Å². The number of aliphatic hydroxyl groups excluding tert-OH is 1. The molecule has 0 aliphatic carbocycles. The first-order valence-corrected chi connectivity index (χ1v) is 3.80. The van der Waals surface area contributed by atoms with Crippen molar-refractivity contribution in [2.24, 2.45) is 11.5 Å². The topological polar surface area (TPSA) is 110 Å². The molecule has 6 N–H and O–H groups in total. The van der Waals surface area contributed by atoms with Crippen LogP contribution in [0.5, 0.6) is 0 Å². The van der Waals surface area contributed by atoms with Crippen molar-refractivity contribution in [2.75, 3.05) is 6.54 Å². The molecule has 5 nitrogen and oxygen atoms in total. The van der Waals surface area contributed by atoms with Crippen molar-refractivity contribution in [1.82, 2.24) is 0 Å². The zero-order valence-electron chi connectivity index (χ0n) is 7.16. The van der Waals surface area contributed by atoms with Crippen molar-refractivity contribution in [3.8, 4) is 0 Å². The highest BCUT2D eigenvalue weighted by molar-refractivity contribution is 5.77. The zero-order chi connectivity index (χ0) is 9.78. The Morgan fingerprint density at radius 1 is 1.67 bits per heavy atom. The van der Waals surface area contributed by atoms with Crippen LogP contribution in [0.2, 0.25) is 0 Å². The standard InChI is InChI=1S/C7H16N2O3/c1-7(9,6(11)12)3-2-5(10)4-8/h5,10H,2-4,8-9H2,1H3,(H,11,12). The molecule has 0 aliphatic heterocycles. The monoisotopic (exact) mass is 176 g/mol. The summed E-state index contributed by atoms with van der Waals surface area (Å²) in [7, 11) is 0. The molecule has 0 spiro atoms. The lowest BCUT2D eigenvalue weighted by molar-refractivity contribution is -0.143. The van der Waals surface area contributed by atoms with Crippen LogP contribution in [0.1, 0.15) is 19.8 Å². The van der Waals surface area contributed by atoms with Crippen LogP contribution in [0.25, 0.3) is 0 Å². The largest absolute Gasteiger partial charge is 0.480 e. The molecule has 0 aromatic heterocycles. The summed E-state index contributed by atoms with van der Waals surface area (Å²) in [6, 6.07) is 0. The van der Waals surface area contributed by atoms with E-state index in [0.29, 0.717) is 6.42 Å². The van der Waals surface area contributed by atoms with Crippen molar-refractivity contribution in [2.45, 2.75) is 31.4 Å². The minimum Gasteiger partial charge on any atom is -0.480 e. The van der Waals surface area contributed by atoms with E-state index in [2.05, 4.69) is 0 Å². The van der Waals surface area contributed by atoms with Crippen LogP contribution < -0.4 is 11.5 Å². The molecule has 0 aromatic carbocycles. The molecule has 0 aromatic rings. The molecule has 2 unspecified atom stereocenters. The first kappa shape index (κ1) is 11.4. The first-order chi connectivity index (χ1) is 5.40. The predicted octanol–water partition coefficient (Wildman–Crippen LogP) is -1.11. The third-order valence-corrected chi connectivity index (χ3v) is 1.76. The molecule has 0 radical (unpaired) electrons. The van der Waals surface area contributed by atoms with Crippen molar-refractivity contribution < 1.29 is 15.0 Å². The number of carbonyl (C=O) groups is 1. The molecule has 2 atom stereocenters. The summed E-state index contributed by atoms with van der Waals surface area (Å²) in [4.78, 5) is 10.5. The van der Waals surface area contributed by atoms with E-state index in [-0.39, 0.29) is 13.0 Å². The highest BCUT2D eigenvalue weighted by Gasteiger charge is 2.27. The van der Waals surface area contributed by atoms with Gasteiger partial charge in [0.2, 0.25) is 0 Å². The van der Waals surface area contributed by atoms with Gasteiger partial charge in [0, 0.05) is 6.54 Å². The lowest BCUT2D eigenvalue weighted by atomic mass is 9.95. The maximum atomic E-state index is 10.5. The van der Waals surface area contributed by atoms with E-state index < -0.39 is 17.6 Å². The predicted molar refractivity (Wildman–Crippen MR) is 44.5 cm³/mol. The van der Waals surface area contributed by atoms with E-state index in [1.807, 2.05) is 0 Å². The number of carboxylic acid groups (broad SMARTS) is 1. The van der Waals surface area contributed by atoms with Crippen molar-refractivity contribution in [1.29, 1.82) is 0 Å². The van der Waals surface area contributed by atoms with Gasteiger partial charge in [-0.15, -0.1) is 0 Å². The Morgan fingerprint density at radius 3 is 2.50 bits per heavy atom. The molecule has 0 heterocycles. The Kier molecular flexibility index (Phi) is 4.16. The van der Waals surface area contributed by atoms with Crippen molar-refractivity contribution in [3.05, 3.63) is 0 Å². The minimum atomic E-state index is -1.27. The molecule has 0 saturated carbocycles. The van der Waals surface area contributed by atoms with E-state index in [9.17, 15) is 4.79 Å². The Labute approximate surface area is 71.4 Å². The van der Waals surface area contributed by atoms with Gasteiger partial charge in [-0.05, 0) is 19.8 Å². The Bertz CT molecular complexity index is 159. The molecule has 72 valence electrons. The smallest absolute Gasteiger partial charge is 0.323 e. The summed E-state index contributed by atoms with van der Waals surface area (Å²) in [6.07, 6.45) is -0.122. The second-order valence-corrected chi connectivity index (χ2v) is 3.15. The van der Waals surface area contributed by atoms with Crippen LogP contribution in [0, 0.1) is 0 Å². The van der Waals surface area contributed by atoms with Gasteiger partial charge in [-0.3, -0.25) is 4.79 Å².